The molecule has 0 radical (unpaired) electrons. The van der Waals surface area contributed by atoms with Gasteiger partial charge >= 0.3 is 0 Å². The zero-order valence-electron chi connectivity index (χ0n) is 24.7. The molecule has 0 aliphatic carbocycles. The zero-order valence-corrected chi connectivity index (χ0v) is 27.1. The number of carbonyl (C=O) groups excluding carboxylic acids is 3. The number of benzene rings is 4. The first kappa shape index (κ1) is 33.5. The minimum atomic E-state index is -0.554. The molecule has 232 valence electrons. The standard InChI is InChI=1S/C34H31Cl2N3O5S/c1-4-31(34(42)38-26-17-23(35)16-24(36)18-26)45-28-12-8-11-25(19-28)37-33(41)29(39-32(40)21-9-6-5-7-10-21)15-22-13-14-27(43-2)20-30(22)44-3/h5-20,31H,4H2,1-3H3,(H,37,41)(H,38,42)(H,39,40)/b29-15+. The highest BCUT2D eigenvalue weighted by molar-refractivity contribution is 8.00. The van der Waals surface area contributed by atoms with Crippen molar-refractivity contribution < 1.29 is 23.9 Å². The fraction of sp³-hybridized carbons (Fsp3) is 0.147. The van der Waals surface area contributed by atoms with E-state index in [0.717, 1.165) is 4.90 Å². The number of halogens is 2. The quantitative estimate of drug-likeness (QED) is 0.105. The Morgan fingerprint density at radius 2 is 1.56 bits per heavy atom. The van der Waals surface area contributed by atoms with Gasteiger partial charge in [-0.25, -0.2) is 0 Å². The summed E-state index contributed by atoms with van der Waals surface area (Å²) in [5.41, 5.74) is 1.92. The molecule has 0 saturated heterocycles. The number of rotatable bonds is 12. The molecule has 3 N–H and O–H groups in total. The molecule has 0 bridgehead atoms. The SMILES string of the molecule is CCC(Sc1cccc(NC(=O)/C(=C\c2ccc(OC)cc2OC)NC(=O)c2ccccc2)c1)C(=O)Nc1cc(Cl)cc(Cl)c1. The highest BCUT2D eigenvalue weighted by Gasteiger charge is 2.20. The summed E-state index contributed by atoms with van der Waals surface area (Å²) in [6.07, 6.45) is 2.08. The Morgan fingerprint density at radius 1 is 0.822 bits per heavy atom. The molecule has 3 amide bonds. The molecule has 0 fully saturated rings. The van der Waals surface area contributed by atoms with Crippen molar-refractivity contribution in [1.82, 2.24) is 5.32 Å². The van der Waals surface area contributed by atoms with E-state index in [1.165, 1.54) is 24.9 Å². The molecule has 0 aliphatic rings. The van der Waals surface area contributed by atoms with E-state index in [0.29, 0.717) is 50.5 Å². The predicted molar refractivity (Wildman–Crippen MR) is 182 cm³/mol. The van der Waals surface area contributed by atoms with E-state index in [9.17, 15) is 14.4 Å². The first-order valence-electron chi connectivity index (χ1n) is 13.8. The molecule has 0 saturated carbocycles. The van der Waals surface area contributed by atoms with E-state index in [1.807, 2.05) is 13.0 Å². The summed E-state index contributed by atoms with van der Waals surface area (Å²) < 4.78 is 10.8. The number of hydrogen-bond acceptors (Lipinski definition) is 6. The second-order valence-corrected chi connectivity index (χ2v) is 11.8. The van der Waals surface area contributed by atoms with Crippen LogP contribution in [0.1, 0.15) is 29.3 Å². The highest BCUT2D eigenvalue weighted by Crippen LogP contribution is 2.30. The van der Waals surface area contributed by atoms with Gasteiger partial charge in [-0.05, 0) is 73.2 Å². The van der Waals surface area contributed by atoms with Crippen LogP contribution in [0.5, 0.6) is 11.5 Å². The van der Waals surface area contributed by atoms with Crippen molar-refractivity contribution in [2.24, 2.45) is 0 Å². The molecule has 4 aromatic carbocycles. The number of amides is 3. The summed E-state index contributed by atoms with van der Waals surface area (Å²) in [6, 6.07) is 25.7. The average molecular weight is 665 g/mol. The van der Waals surface area contributed by atoms with E-state index in [4.69, 9.17) is 32.7 Å². The monoisotopic (exact) mass is 663 g/mol. The van der Waals surface area contributed by atoms with Gasteiger partial charge in [0.2, 0.25) is 5.91 Å². The van der Waals surface area contributed by atoms with Crippen LogP contribution < -0.4 is 25.4 Å². The number of anilines is 2. The summed E-state index contributed by atoms with van der Waals surface area (Å²) in [6.45, 7) is 1.91. The van der Waals surface area contributed by atoms with Crippen LogP contribution in [0.2, 0.25) is 10.0 Å². The Balaban J connectivity index is 1.55. The third-order valence-electron chi connectivity index (χ3n) is 6.43. The molecular formula is C34H31Cl2N3O5S. The first-order valence-corrected chi connectivity index (χ1v) is 15.5. The Morgan fingerprint density at radius 3 is 2.22 bits per heavy atom. The predicted octanol–water partition coefficient (Wildman–Crippen LogP) is 7.93. The molecule has 11 heteroatoms. The maximum atomic E-state index is 13.6. The van der Waals surface area contributed by atoms with E-state index < -0.39 is 17.1 Å². The van der Waals surface area contributed by atoms with Crippen LogP contribution in [0.4, 0.5) is 11.4 Å². The summed E-state index contributed by atoms with van der Waals surface area (Å²) in [7, 11) is 3.05. The van der Waals surface area contributed by atoms with Crippen LogP contribution in [0.25, 0.3) is 6.08 Å². The molecule has 0 spiro atoms. The van der Waals surface area contributed by atoms with Crippen molar-refractivity contribution in [2.75, 3.05) is 24.9 Å². The topological polar surface area (TPSA) is 106 Å². The van der Waals surface area contributed by atoms with E-state index in [-0.39, 0.29) is 11.6 Å². The average Bonchev–Trinajstić information content (AvgIpc) is 3.03. The van der Waals surface area contributed by atoms with Gasteiger partial charge in [0.15, 0.2) is 0 Å². The minimum Gasteiger partial charge on any atom is -0.497 e. The van der Waals surface area contributed by atoms with Crippen molar-refractivity contribution in [2.45, 2.75) is 23.5 Å². The molecule has 45 heavy (non-hydrogen) atoms. The van der Waals surface area contributed by atoms with Crippen molar-refractivity contribution in [1.29, 1.82) is 0 Å². The van der Waals surface area contributed by atoms with Crippen molar-refractivity contribution in [3.8, 4) is 11.5 Å². The summed E-state index contributed by atoms with van der Waals surface area (Å²) in [5, 5.41) is 8.86. The number of ether oxygens (including phenoxy) is 2. The summed E-state index contributed by atoms with van der Waals surface area (Å²) in [5.74, 6) is -0.185. The van der Waals surface area contributed by atoms with Crippen molar-refractivity contribution >= 4 is 70.1 Å². The van der Waals surface area contributed by atoms with Crippen LogP contribution in [-0.2, 0) is 9.59 Å². The Labute approximate surface area is 276 Å². The van der Waals surface area contributed by atoms with Gasteiger partial charge in [0.05, 0.1) is 19.5 Å². The number of thioether (sulfide) groups is 1. The van der Waals surface area contributed by atoms with Gasteiger partial charge < -0.3 is 25.4 Å². The van der Waals surface area contributed by atoms with Gasteiger partial charge in [0.1, 0.15) is 17.2 Å². The second-order valence-electron chi connectivity index (χ2n) is 9.63. The lowest BCUT2D eigenvalue weighted by Crippen LogP contribution is -2.30. The highest BCUT2D eigenvalue weighted by atomic mass is 35.5. The normalized spacial score (nSPS) is 11.7. The minimum absolute atomic E-state index is 0.00336. The Hall–Kier alpha value is -4.44. The number of carbonyl (C=O) groups is 3. The van der Waals surface area contributed by atoms with E-state index in [2.05, 4.69) is 16.0 Å². The lowest BCUT2D eigenvalue weighted by atomic mass is 10.1. The van der Waals surface area contributed by atoms with Crippen LogP contribution in [-0.4, -0.2) is 37.2 Å². The van der Waals surface area contributed by atoms with Crippen molar-refractivity contribution in [3.05, 3.63) is 118 Å². The third-order valence-corrected chi connectivity index (χ3v) is 8.23. The van der Waals surface area contributed by atoms with Gasteiger partial charge in [-0.2, -0.15) is 0 Å². The molecule has 1 unspecified atom stereocenters. The smallest absolute Gasteiger partial charge is 0.272 e. The largest absolute Gasteiger partial charge is 0.497 e. The summed E-state index contributed by atoms with van der Waals surface area (Å²) in [4.78, 5) is 40.5. The molecule has 8 nitrogen and oxygen atoms in total. The molecule has 0 heterocycles. The number of methoxy groups -OCH3 is 2. The van der Waals surface area contributed by atoms with E-state index >= 15 is 0 Å². The third kappa shape index (κ3) is 9.52. The maximum absolute atomic E-state index is 13.6. The molecule has 0 aromatic heterocycles. The molecule has 4 rings (SSSR count). The van der Waals surface area contributed by atoms with Gasteiger partial charge in [-0.3, -0.25) is 14.4 Å². The van der Waals surface area contributed by atoms with Gasteiger partial charge in [-0.1, -0.05) is 54.4 Å². The lowest BCUT2D eigenvalue weighted by molar-refractivity contribution is -0.116. The molecule has 1 atom stereocenters. The molecule has 0 aliphatic heterocycles. The second kappa shape index (κ2) is 16.0. The van der Waals surface area contributed by atoms with Crippen LogP contribution in [0.15, 0.2) is 102 Å². The zero-order chi connectivity index (χ0) is 32.3. The molecule has 4 aromatic rings. The van der Waals surface area contributed by atoms with Gasteiger partial charge in [0, 0.05) is 43.5 Å². The Bertz CT molecular complexity index is 1700. The van der Waals surface area contributed by atoms with Crippen LogP contribution in [0.3, 0.4) is 0 Å². The van der Waals surface area contributed by atoms with Crippen LogP contribution in [0, 0.1) is 0 Å². The van der Waals surface area contributed by atoms with Gasteiger partial charge in [0.25, 0.3) is 11.8 Å². The van der Waals surface area contributed by atoms with E-state index in [1.54, 1.807) is 92.0 Å². The lowest BCUT2D eigenvalue weighted by Gasteiger charge is -2.16. The number of hydrogen-bond donors (Lipinski definition) is 3. The number of nitrogens with one attached hydrogen (secondary N) is 3. The van der Waals surface area contributed by atoms with Crippen molar-refractivity contribution in [3.63, 3.8) is 0 Å². The maximum Gasteiger partial charge on any atom is 0.272 e. The summed E-state index contributed by atoms with van der Waals surface area (Å²) >= 11 is 13.5. The Kier molecular flexibility index (Phi) is 11.9. The fourth-order valence-corrected chi connectivity index (χ4v) is 5.76. The first-order chi connectivity index (χ1) is 21.7. The van der Waals surface area contributed by atoms with Crippen LogP contribution >= 0.6 is 35.0 Å². The fourth-order valence-electron chi connectivity index (χ4n) is 4.22. The van der Waals surface area contributed by atoms with Gasteiger partial charge in [-0.15, -0.1) is 11.8 Å². The molecular weight excluding hydrogens is 633 g/mol.